The number of aliphatic hydroxyl groups excluding tert-OH is 9. The Morgan fingerprint density at radius 2 is 1.18 bits per heavy atom. The molecule has 21 atom stereocenters. The molecule has 0 aromatic carbocycles. The lowest BCUT2D eigenvalue weighted by atomic mass is 9.82. The number of hydrogen-bond acceptors (Lipinski definition) is 22. The van der Waals surface area contributed by atoms with Gasteiger partial charge in [0, 0.05) is 70.6 Å². The Balaban J connectivity index is 1.28. The summed E-state index contributed by atoms with van der Waals surface area (Å²) < 4.78 is 29.6. The number of cyclic esters (lactones) is 1. The van der Waals surface area contributed by atoms with Crippen molar-refractivity contribution in [2.24, 2.45) is 23.5 Å². The van der Waals surface area contributed by atoms with E-state index in [0.29, 0.717) is 38.8 Å². The SMILES string of the molecule is CC(=O)N1CCCC1C(=O)NCC(=O)N1CCCC1C(=O)NCCOCCNC(=O)C1C(O)CC2(O)CC(O)CC(O)C(O)CCC(O)CC(O)CC(=O)OC(C)C(C)C(O)C(C)C=CC=CC=CC=CC=CC=CC=CC(OC3OC(C)C(O)C(N)C3O)CC1O2. The quantitative estimate of drug-likeness (QED) is 0.0776. The Morgan fingerprint density at radius 3 is 1.80 bits per heavy atom. The predicted molar refractivity (Wildman–Crippen MR) is 334 cm³/mol. The number of aliphatic hydroxyl groups is 10. The Labute approximate surface area is 538 Å². The minimum Gasteiger partial charge on any atom is -0.462 e. The van der Waals surface area contributed by atoms with E-state index in [1.165, 1.54) is 23.6 Å². The van der Waals surface area contributed by atoms with Crippen LogP contribution in [0, 0.1) is 17.8 Å². The van der Waals surface area contributed by atoms with Crippen molar-refractivity contribution >= 4 is 35.5 Å². The molecule has 21 unspecified atom stereocenters. The first kappa shape index (κ1) is 77.1. The zero-order valence-electron chi connectivity index (χ0n) is 53.5. The highest BCUT2D eigenvalue weighted by Crippen LogP contribution is 2.38. The van der Waals surface area contributed by atoms with Gasteiger partial charge in [-0.15, -0.1) is 0 Å². The maximum Gasteiger partial charge on any atom is 0.308 e. The third-order valence-electron chi connectivity index (χ3n) is 17.4. The summed E-state index contributed by atoms with van der Waals surface area (Å²) in [7, 11) is 0. The number of nitrogens with zero attached hydrogens (tertiary/aromatic N) is 2. The monoisotopic (exact) mass is 1300 g/mol. The standard InChI is InChI=1S/C65H102N6O21/c1-39-20-16-14-12-10-8-6-7-9-11-13-15-17-21-47(91-64-60(83)57(66)59(82)42(4)90-64)35-53-56(63(86)68-27-31-88-30-26-67-61(84)49-23-19-29-71(49)54(79)38-69-62(85)48-22-18-28-70(48)43(5)72)52(78)37-65(87,92-53)36-46(75)33-51(77)50(76)25-24-44(73)32-45(74)34-55(80)89-41(3)40(2)58(39)81/h6-17,20-21,39-42,44-53,56-60,64,73-78,81-83,87H,18-19,22-38,66H2,1-5H3,(H,67,84)(H,68,86)(H,69,85). The van der Waals surface area contributed by atoms with Gasteiger partial charge in [0.1, 0.15) is 24.3 Å². The summed E-state index contributed by atoms with van der Waals surface area (Å²) >= 11 is 0. The van der Waals surface area contributed by atoms with Gasteiger partial charge in [-0.3, -0.25) is 28.8 Å². The molecule has 4 saturated heterocycles. The highest BCUT2D eigenvalue weighted by atomic mass is 16.7. The van der Waals surface area contributed by atoms with Crippen molar-refractivity contribution in [2.75, 3.05) is 45.9 Å². The van der Waals surface area contributed by atoms with E-state index >= 15 is 0 Å². The topological polar surface area (TPSA) is 419 Å². The summed E-state index contributed by atoms with van der Waals surface area (Å²) in [6, 6.07) is -2.62. The molecule has 0 radical (unpaired) electrons. The van der Waals surface area contributed by atoms with Crippen LogP contribution in [0.15, 0.2) is 85.1 Å². The number of nitrogens with two attached hydrogens (primary N) is 1. The van der Waals surface area contributed by atoms with Crippen LogP contribution in [0.2, 0.25) is 0 Å². The Bertz CT molecular complexity index is 2570. The van der Waals surface area contributed by atoms with Crippen molar-refractivity contribution in [3.63, 3.8) is 0 Å². The second-order valence-corrected chi connectivity index (χ2v) is 24.8. The Kier molecular flexibility index (Phi) is 32.4. The molecule has 0 spiro atoms. The summed E-state index contributed by atoms with van der Waals surface area (Å²) in [4.78, 5) is 81.1. The number of nitrogens with one attached hydrogen (secondary N) is 3. The van der Waals surface area contributed by atoms with Crippen molar-refractivity contribution in [1.82, 2.24) is 25.8 Å². The van der Waals surface area contributed by atoms with Crippen LogP contribution in [-0.4, -0.2) is 252 Å². The van der Waals surface area contributed by atoms with Crippen LogP contribution < -0.4 is 21.7 Å². The summed E-state index contributed by atoms with van der Waals surface area (Å²) in [5, 5.41) is 119. The Morgan fingerprint density at radius 1 is 0.620 bits per heavy atom. The van der Waals surface area contributed by atoms with Gasteiger partial charge < -0.3 is 106 Å². The first-order valence-corrected chi connectivity index (χ1v) is 32.1. The van der Waals surface area contributed by atoms with Gasteiger partial charge in [-0.2, -0.15) is 0 Å². The fourth-order valence-electron chi connectivity index (χ4n) is 12.0. The van der Waals surface area contributed by atoms with E-state index in [9.17, 15) is 79.8 Å². The first-order chi connectivity index (χ1) is 43.7. The second-order valence-electron chi connectivity index (χ2n) is 24.8. The van der Waals surface area contributed by atoms with Crippen molar-refractivity contribution in [2.45, 2.75) is 221 Å². The summed E-state index contributed by atoms with van der Waals surface area (Å²) in [5.74, 6) is -7.59. The zero-order chi connectivity index (χ0) is 67.7. The van der Waals surface area contributed by atoms with Gasteiger partial charge in [-0.1, -0.05) is 98.9 Å². The lowest BCUT2D eigenvalue weighted by Gasteiger charge is -2.46. The lowest BCUT2D eigenvalue weighted by molar-refractivity contribution is -0.307. The molecule has 0 aliphatic carbocycles. The number of esters is 1. The first-order valence-electron chi connectivity index (χ1n) is 32.1. The number of hydrogen-bond donors (Lipinski definition) is 14. The molecule has 2 bridgehead atoms. The molecule has 27 heteroatoms. The van der Waals surface area contributed by atoms with E-state index < -0.39 is 177 Å². The molecule has 5 rings (SSSR count). The maximum absolute atomic E-state index is 14.2. The van der Waals surface area contributed by atoms with Crippen molar-refractivity contribution in [3.05, 3.63) is 85.1 Å². The van der Waals surface area contributed by atoms with Gasteiger partial charge in [0.25, 0.3) is 0 Å². The average Bonchev–Trinajstić information content (AvgIpc) is 1.20. The van der Waals surface area contributed by atoms with Crippen molar-refractivity contribution in [3.8, 4) is 0 Å². The van der Waals surface area contributed by atoms with Crippen LogP contribution in [-0.2, 0) is 52.5 Å². The van der Waals surface area contributed by atoms with Gasteiger partial charge >= 0.3 is 5.97 Å². The summed E-state index contributed by atoms with van der Waals surface area (Å²) in [6.07, 6.45) is 5.07. The molecule has 27 nitrogen and oxygen atoms in total. The Hall–Kier alpha value is -5.60. The number of amides is 5. The largest absolute Gasteiger partial charge is 0.462 e. The number of allylic oxidation sites excluding steroid dienone is 12. The summed E-state index contributed by atoms with van der Waals surface area (Å²) in [5.41, 5.74) is 6.16. The number of carbonyl (C=O) groups is 6. The molecule has 5 aliphatic heterocycles. The fourth-order valence-corrected chi connectivity index (χ4v) is 12.0. The predicted octanol–water partition coefficient (Wildman–Crippen LogP) is -1.01. The number of likely N-dealkylation sites (tertiary alicyclic amines) is 2. The van der Waals surface area contributed by atoms with Crippen LogP contribution in [0.4, 0.5) is 0 Å². The van der Waals surface area contributed by atoms with Crippen LogP contribution in [0.25, 0.3) is 0 Å². The van der Waals surface area contributed by atoms with Crippen LogP contribution in [0.1, 0.15) is 112 Å². The molecule has 92 heavy (non-hydrogen) atoms. The van der Waals surface area contributed by atoms with Crippen LogP contribution in [0.3, 0.4) is 0 Å². The minimum atomic E-state index is -2.38. The van der Waals surface area contributed by atoms with Gasteiger partial charge in [-0.25, -0.2) is 0 Å². The number of ether oxygens (including phenoxy) is 5. The van der Waals surface area contributed by atoms with Gasteiger partial charge in [0.05, 0.1) is 105 Å². The number of rotatable bonds is 13. The fraction of sp³-hybridized carbons (Fsp3) is 0.692. The zero-order valence-corrected chi connectivity index (χ0v) is 53.5. The van der Waals surface area contributed by atoms with E-state index in [0.717, 1.165) is 0 Å². The van der Waals surface area contributed by atoms with E-state index in [2.05, 4.69) is 16.0 Å². The van der Waals surface area contributed by atoms with Crippen molar-refractivity contribution < 1.29 is 104 Å². The molecule has 0 aromatic heterocycles. The molecule has 5 aliphatic rings. The third kappa shape index (κ3) is 24.6. The molecule has 5 amide bonds. The van der Waals surface area contributed by atoms with Crippen LogP contribution >= 0.6 is 0 Å². The van der Waals surface area contributed by atoms with E-state index in [1.54, 1.807) is 92.8 Å². The van der Waals surface area contributed by atoms with Crippen LogP contribution in [0.5, 0.6) is 0 Å². The highest BCUT2D eigenvalue weighted by molar-refractivity contribution is 5.93. The molecule has 0 aromatic rings. The molecule has 5 heterocycles. The molecule has 518 valence electrons. The van der Waals surface area contributed by atoms with Gasteiger partial charge in [-0.05, 0) is 58.8 Å². The highest BCUT2D eigenvalue weighted by Gasteiger charge is 2.51. The molecule has 4 fully saturated rings. The van der Waals surface area contributed by atoms with E-state index in [1.807, 2.05) is 13.0 Å². The average molecular weight is 1300 g/mol. The lowest BCUT2D eigenvalue weighted by Crippen LogP contribution is -2.62. The minimum absolute atomic E-state index is 0.00271. The van der Waals surface area contributed by atoms with E-state index in [4.69, 9.17) is 29.4 Å². The van der Waals surface area contributed by atoms with Crippen molar-refractivity contribution in [1.29, 1.82) is 0 Å². The molecular formula is C65H102N6O21. The van der Waals surface area contributed by atoms with Gasteiger partial charge in [0.2, 0.25) is 29.5 Å². The molecule has 0 saturated carbocycles. The molecular weight excluding hydrogens is 1200 g/mol. The number of fused-ring (bicyclic) bond motifs is 2. The maximum atomic E-state index is 14.2. The van der Waals surface area contributed by atoms with E-state index in [-0.39, 0.29) is 70.4 Å². The summed E-state index contributed by atoms with van der Waals surface area (Å²) in [6.45, 7) is 8.42. The molecule has 15 N–H and O–H groups in total. The van der Waals surface area contributed by atoms with Gasteiger partial charge in [0.15, 0.2) is 12.1 Å². The number of carbonyl (C=O) groups excluding carboxylic acids is 6. The normalized spacial score (nSPS) is 36.3. The third-order valence-corrected chi connectivity index (χ3v) is 17.4. The second kappa shape index (κ2) is 38.7. The smallest absolute Gasteiger partial charge is 0.308 e.